The van der Waals surface area contributed by atoms with Gasteiger partial charge in [0, 0.05) is 0 Å². The van der Waals surface area contributed by atoms with Gasteiger partial charge in [-0.05, 0) is 25.0 Å². The van der Waals surface area contributed by atoms with Gasteiger partial charge in [0.05, 0.1) is 16.2 Å². The molecule has 0 heterocycles. The Morgan fingerprint density at radius 3 is 2.73 bits per heavy atom. The number of hydrogen-bond acceptors (Lipinski definition) is 2. The summed E-state index contributed by atoms with van der Waals surface area (Å²) in [5, 5.41) is 2.58. The number of nitrogens with two attached hydrogens (primary N) is 1. The van der Waals surface area contributed by atoms with Crippen molar-refractivity contribution in [2.75, 3.05) is 5.32 Å². The second-order valence-corrected chi connectivity index (χ2v) is 4.11. The molecule has 0 radical (unpaired) electrons. The van der Waals surface area contributed by atoms with Crippen LogP contribution in [0.25, 0.3) is 0 Å². The lowest BCUT2D eigenvalue weighted by molar-refractivity contribution is -0.118. The van der Waals surface area contributed by atoms with Crippen LogP contribution < -0.4 is 11.1 Å². The highest BCUT2D eigenvalue weighted by molar-refractivity contribution is 6.33. The van der Waals surface area contributed by atoms with Crippen molar-refractivity contribution in [3.8, 4) is 0 Å². The van der Waals surface area contributed by atoms with Gasteiger partial charge in [0.2, 0.25) is 5.91 Å². The lowest BCUT2D eigenvalue weighted by Gasteiger charge is -2.11. The van der Waals surface area contributed by atoms with Crippen LogP contribution in [0.1, 0.15) is 12.8 Å². The summed E-state index contributed by atoms with van der Waals surface area (Å²) in [4.78, 5) is 11.5. The van der Waals surface area contributed by atoms with Crippen molar-refractivity contribution in [3.05, 3.63) is 29.0 Å². The minimum absolute atomic E-state index is 0.000826. The molecule has 2 rings (SSSR count). The molecule has 1 aromatic rings. The minimum atomic E-state index is -0.828. The number of benzene rings is 1. The summed E-state index contributed by atoms with van der Waals surface area (Å²) in [5.41, 5.74) is 4.83. The maximum absolute atomic E-state index is 13.3. The minimum Gasteiger partial charge on any atom is -0.321 e. The second kappa shape index (κ2) is 3.47. The van der Waals surface area contributed by atoms with Crippen molar-refractivity contribution in [1.82, 2.24) is 0 Å². The first-order valence-electron chi connectivity index (χ1n) is 4.57. The van der Waals surface area contributed by atoms with E-state index in [1.54, 1.807) is 0 Å². The smallest absolute Gasteiger partial charge is 0.244 e. The van der Waals surface area contributed by atoms with Gasteiger partial charge in [-0.2, -0.15) is 0 Å². The van der Waals surface area contributed by atoms with E-state index in [1.165, 1.54) is 18.2 Å². The molecular formula is C10H10ClFN2O. The van der Waals surface area contributed by atoms with Crippen molar-refractivity contribution in [3.63, 3.8) is 0 Å². The van der Waals surface area contributed by atoms with Gasteiger partial charge >= 0.3 is 0 Å². The molecule has 1 aromatic carbocycles. The van der Waals surface area contributed by atoms with E-state index >= 15 is 0 Å². The lowest BCUT2D eigenvalue weighted by Crippen LogP contribution is -2.38. The summed E-state index contributed by atoms with van der Waals surface area (Å²) < 4.78 is 13.3. The zero-order valence-electron chi connectivity index (χ0n) is 7.89. The largest absolute Gasteiger partial charge is 0.321 e. The van der Waals surface area contributed by atoms with Crippen molar-refractivity contribution in [2.45, 2.75) is 18.4 Å². The fourth-order valence-corrected chi connectivity index (χ4v) is 1.43. The Labute approximate surface area is 91.4 Å². The Balaban J connectivity index is 2.20. The number of carbonyl (C=O) groups is 1. The van der Waals surface area contributed by atoms with Gasteiger partial charge in [-0.15, -0.1) is 0 Å². The standard InChI is InChI=1S/C10H10ClFN2O/c11-6-2-1-3-7(12)8(6)14-9(15)10(13)4-5-10/h1-3H,4-5,13H2,(H,14,15). The first-order chi connectivity index (χ1) is 7.03. The Hall–Kier alpha value is -1.13. The molecule has 1 fully saturated rings. The highest BCUT2D eigenvalue weighted by Crippen LogP contribution is 2.34. The molecule has 1 saturated carbocycles. The van der Waals surface area contributed by atoms with Crippen molar-refractivity contribution in [1.29, 1.82) is 0 Å². The average Bonchev–Trinajstić information content (AvgIpc) is 2.91. The fraction of sp³-hybridized carbons (Fsp3) is 0.300. The average molecular weight is 229 g/mol. The SMILES string of the molecule is NC1(C(=O)Nc2c(F)cccc2Cl)CC1. The highest BCUT2D eigenvalue weighted by atomic mass is 35.5. The summed E-state index contributed by atoms with van der Waals surface area (Å²) in [7, 11) is 0. The highest BCUT2D eigenvalue weighted by Gasteiger charge is 2.46. The molecule has 3 nitrogen and oxygen atoms in total. The molecule has 0 atom stereocenters. The first kappa shape index (κ1) is 10.4. The Bertz CT molecular complexity index is 398. The molecule has 1 aliphatic carbocycles. The van der Waals surface area contributed by atoms with Crippen LogP contribution in [0.5, 0.6) is 0 Å². The number of carbonyl (C=O) groups excluding carboxylic acids is 1. The van der Waals surface area contributed by atoms with Crippen LogP contribution in [0.2, 0.25) is 5.02 Å². The number of halogens is 2. The van der Waals surface area contributed by atoms with Crippen molar-refractivity contribution < 1.29 is 9.18 Å². The molecular weight excluding hydrogens is 219 g/mol. The van der Waals surface area contributed by atoms with Gasteiger partial charge in [0.25, 0.3) is 0 Å². The number of rotatable bonds is 2. The normalized spacial score (nSPS) is 17.3. The van der Waals surface area contributed by atoms with E-state index in [-0.39, 0.29) is 16.6 Å². The molecule has 0 bridgehead atoms. The number of amides is 1. The summed E-state index contributed by atoms with van der Waals surface area (Å²) in [6.07, 6.45) is 1.26. The van der Waals surface area contributed by atoms with Gasteiger partial charge < -0.3 is 11.1 Å². The van der Waals surface area contributed by atoms with Gasteiger partial charge in [0.15, 0.2) is 0 Å². The maximum Gasteiger partial charge on any atom is 0.244 e. The molecule has 0 spiro atoms. The Kier molecular flexibility index (Phi) is 2.40. The molecule has 1 amide bonds. The molecule has 80 valence electrons. The first-order valence-corrected chi connectivity index (χ1v) is 4.95. The van der Waals surface area contributed by atoms with Gasteiger partial charge in [-0.3, -0.25) is 4.79 Å². The van der Waals surface area contributed by atoms with Crippen LogP contribution in [0, 0.1) is 5.82 Å². The van der Waals surface area contributed by atoms with E-state index in [0.29, 0.717) is 12.8 Å². The van der Waals surface area contributed by atoms with Gasteiger partial charge in [0.1, 0.15) is 5.82 Å². The van der Waals surface area contributed by atoms with Crippen LogP contribution in [0.15, 0.2) is 18.2 Å². The molecule has 0 aromatic heterocycles. The molecule has 0 saturated heterocycles. The summed E-state index contributed by atoms with van der Waals surface area (Å²) in [6.45, 7) is 0. The molecule has 1 aliphatic rings. The second-order valence-electron chi connectivity index (χ2n) is 3.71. The molecule has 0 aliphatic heterocycles. The van der Waals surface area contributed by atoms with E-state index in [9.17, 15) is 9.18 Å². The van der Waals surface area contributed by atoms with E-state index in [2.05, 4.69) is 5.32 Å². The van der Waals surface area contributed by atoms with Crippen molar-refractivity contribution >= 4 is 23.2 Å². The maximum atomic E-state index is 13.3. The zero-order valence-corrected chi connectivity index (χ0v) is 8.64. The van der Waals surface area contributed by atoms with Crippen molar-refractivity contribution in [2.24, 2.45) is 5.73 Å². The van der Waals surface area contributed by atoms with Crippen LogP contribution in [-0.2, 0) is 4.79 Å². The number of hydrogen-bond donors (Lipinski definition) is 2. The fourth-order valence-electron chi connectivity index (χ4n) is 1.22. The van der Waals surface area contributed by atoms with Crippen LogP contribution in [0.3, 0.4) is 0 Å². The van der Waals surface area contributed by atoms with E-state index in [4.69, 9.17) is 17.3 Å². The third-order valence-corrected chi connectivity index (χ3v) is 2.76. The number of para-hydroxylation sites is 1. The van der Waals surface area contributed by atoms with Crippen LogP contribution >= 0.6 is 11.6 Å². The summed E-state index contributed by atoms with van der Waals surface area (Å²) in [5.74, 6) is -0.936. The Morgan fingerprint density at radius 2 is 2.20 bits per heavy atom. The molecule has 5 heteroatoms. The quantitative estimate of drug-likeness (QED) is 0.813. The topological polar surface area (TPSA) is 55.1 Å². The molecule has 3 N–H and O–H groups in total. The predicted octanol–water partition coefficient (Wildman–Crippen LogP) is 1.91. The molecule has 15 heavy (non-hydrogen) atoms. The van der Waals surface area contributed by atoms with E-state index < -0.39 is 11.4 Å². The van der Waals surface area contributed by atoms with Crippen LogP contribution in [0.4, 0.5) is 10.1 Å². The number of anilines is 1. The zero-order chi connectivity index (χ0) is 11.1. The third kappa shape index (κ3) is 1.96. The van der Waals surface area contributed by atoms with Gasteiger partial charge in [-0.25, -0.2) is 4.39 Å². The monoisotopic (exact) mass is 228 g/mol. The van der Waals surface area contributed by atoms with E-state index in [1.807, 2.05) is 0 Å². The van der Waals surface area contributed by atoms with Gasteiger partial charge in [-0.1, -0.05) is 17.7 Å². The lowest BCUT2D eigenvalue weighted by atomic mass is 10.2. The Morgan fingerprint density at radius 1 is 1.53 bits per heavy atom. The summed E-state index contributed by atoms with van der Waals surface area (Å²) >= 11 is 5.75. The number of nitrogens with one attached hydrogen (secondary N) is 1. The van der Waals surface area contributed by atoms with E-state index in [0.717, 1.165) is 0 Å². The third-order valence-electron chi connectivity index (χ3n) is 2.44. The molecule has 0 unspecified atom stereocenters. The predicted molar refractivity (Wildman–Crippen MR) is 56.2 cm³/mol. The summed E-state index contributed by atoms with van der Waals surface area (Å²) in [6, 6.07) is 4.22. The van der Waals surface area contributed by atoms with Crippen LogP contribution in [-0.4, -0.2) is 11.4 Å².